The van der Waals surface area contributed by atoms with Crippen LogP contribution in [0.15, 0.2) is 18.2 Å². The summed E-state index contributed by atoms with van der Waals surface area (Å²) >= 11 is 0. The molecule has 1 aromatic rings. The molecule has 0 fully saturated rings. The molecular formula is C15H24N2O2. The van der Waals surface area contributed by atoms with Gasteiger partial charge in [-0.15, -0.1) is 0 Å². The number of ether oxygens (including phenoxy) is 2. The lowest BCUT2D eigenvalue weighted by Crippen LogP contribution is -2.33. The van der Waals surface area contributed by atoms with Gasteiger partial charge < -0.3 is 20.1 Å². The Morgan fingerprint density at radius 3 is 3.16 bits per heavy atom. The molecule has 4 nitrogen and oxygen atoms in total. The summed E-state index contributed by atoms with van der Waals surface area (Å²) < 4.78 is 10.7. The molecule has 1 unspecified atom stereocenters. The van der Waals surface area contributed by atoms with Gasteiger partial charge in [-0.2, -0.15) is 0 Å². The van der Waals surface area contributed by atoms with Crippen LogP contribution >= 0.6 is 0 Å². The lowest BCUT2D eigenvalue weighted by atomic mass is 10.0. The Morgan fingerprint density at radius 1 is 1.47 bits per heavy atom. The second-order valence-electron chi connectivity index (χ2n) is 4.86. The zero-order chi connectivity index (χ0) is 13.5. The van der Waals surface area contributed by atoms with Crippen molar-refractivity contribution in [1.29, 1.82) is 0 Å². The summed E-state index contributed by atoms with van der Waals surface area (Å²) in [7, 11) is 1.73. The van der Waals surface area contributed by atoms with Gasteiger partial charge in [0.2, 0.25) is 0 Å². The lowest BCUT2D eigenvalue weighted by Gasteiger charge is -2.21. The molecule has 0 amide bonds. The average molecular weight is 264 g/mol. The van der Waals surface area contributed by atoms with Crippen molar-refractivity contribution in [2.24, 2.45) is 0 Å². The number of fused-ring (bicyclic) bond motifs is 1. The third kappa shape index (κ3) is 4.11. The molecule has 0 radical (unpaired) electrons. The Kier molecular flexibility index (Phi) is 5.48. The highest BCUT2D eigenvalue weighted by atomic mass is 16.5. The molecule has 1 aromatic carbocycles. The third-order valence-electron chi connectivity index (χ3n) is 3.43. The first-order chi connectivity index (χ1) is 9.33. The number of methoxy groups -OCH3 is 1. The molecule has 2 rings (SSSR count). The summed E-state index contributed by atoms with van der Waals surface area (Å²) in [5.74, 6) is 0.968. The van der Waals surface area contributed by atoms with Crippen molar-refractivity contribution in [2.75, 3.05) is 38.7 Å². The molecule has 1 aliphatic heterocycles. The normalized spacial score (nSPS) is 15.3. The molecule has 1 atom stereocenters. The number of hydrogen-bond donors (Lipinski definition) is 2. The second-order valence-corrected chi connectivity index (χ2v) is 4.86. The summed E-state index contributed by atoms with van der Waals surface area (Å²) in [6.45, 7) is 5.52. The van der Waals surface area contributed by atoms with E-state index < -0.39 is 0 Å². The van der Waals surface area contributed by atoms with Gasteiger partial charge in [0.25, 0.3) is 0 Å². The summed E-state index contributed by atoms with van der Waals surface area (Å²) in [5, 5.41) is 6.90. The number of hydrogen-bond acceptors (Lipinski definition) is 4. The van der Waals surface area contributed by atoms with E-state index in [9.17, 15) is 0 Å². The minimum Gasteiger partial charge on any atom is -0.490 e. The van der Waals surface area contributed by atoms with Crippen LogP contribution < -0.4 is 15.4 Å². The van der Waals surface area contributed by atoms with Crippen LogP contribution in [0.25, 0.3) is 0 Å². The van der Waals surface area contributed by atoms with Crippen LogP contribution in [0.3, 0.4) is 0 Å². The van der Waals surface area contributed by atoms with E-state index >= 15 is 0 Å². The first-order valence-electron chi connectivity index (χ1n) is 7.05. The van der Waals surface area contributed by atoms with Crippen molar-refractivity contribution in [3.8, 4) is 5.75 Å². The van der Waals surface area contributed by atoms with Gasteiger partial charge in [0.15, 0.2) is 0 Å². The molecule has 0 saturated carbocycles. The largest absolute Gasteiger partial charge is 0.490 e. The van der Waals surface area contributed by atoms with E-state index in [0.717, 1.165) is 50.6 Å². The predicted octanol–water partition coefficient (Wildman–Crippen LogP) is 2.05. The Balaban J connectivity index is 1.93. The van der Waals surface area contributed by atoms with Crippen molar-refractivity contribution in [1.82, 2.24) is 5.32 Å². The summed E-state index contributed by atoms with van der Waals surface area (Å²) in [6, 6.07) is 6.93. The van der Waals surface area contributed by atoms with Gasteiger partial charge in [-0.1, -0.05) is 13.0 Å². The highest BCUT2D eigenvalue weighted by molar-refractivity contribution is 5.59. The first kappa shape index (κ1) is 14.2. The molecule has 0 spiro atoms. The van der Waals surface area contributed by atoms with Crippen LogP contribution in [0, 0.1) is 0 Å². The Hall–Kier alpha value is -1.26. The van der Waals surface area contributed by atoms with E-state index in [4.69, 9.17) is 9.47 Å². The topological polar surface area (TPSA) is 42.5 Å². The molecule has 0 aromatic heterocycles. The molecule has 0 bridgehead atoms. The zero-order valence-corrected chi connectivity index (χ0v) is 11.9. The van der Waals surface area contributed by atoms with Crippen LogP contribution in [0.4, 0.5) is 5.69 Å². The van der Waals surface area contributed by atoms with E-state index in [1.807, 2.05) is 0 Å². The fourth-order valence-corrected chi connectivity index (χ4v) is 2.33. The maximum absolute atomic E-state index is 5.59. The Bertz CT molecular complexity index is 396. The Labute approximate surface area is 115 Å². The maximum atomic E-state index is 5.59. The first-order valence-corrected chi connectivity index (χ1v) is 7.05. The van der Waals surface area contributed by atoms with Crippen molar-refractivity contribution < 1.29 is 9.47 Å². The lowest BCUT2D eigenvalue weighted by molar-refractivity contribution is 0.195. The fraction of sp³-hybridized carbons (Fsp3) is 0.600. The van der Waals surface area contributed by atoms with E-state index in [1.165, 1.54) is 5.56 Å². The molecule has 1 aliphatic rings. The van der Waals surface area contributed by atoms with Crippen LogP contribution in [0.1, 0.15) is 18.9 Å². The molecule has 106 valence electrons. The van der Waals surface area contributed by atoms with E-state index in [-0.39, 0.29) is 0 Å². The van der Waals surface area contributed by atoms with E-state index in [1.54, 1.807) is 7.11 Å². The molecule has 0 aliphatic carbocycles. The number of nitrogens with one attached hydrogen (secondary N) is 2. The van der Waals surface area contributed by atoms with E-state index in [2.05, 4.69) is 35.8 Å². The second kappa shape index (κ2) is 7.36. The summed E-state index contributed by atoms with van der Waals surface area (Å²) in [6.07, 6.45) is 2.15. The summed E-state index contributed by atoms with van der Waals surface area (Å²) in [5.41, 5.74) is 2.46. The average Bonchev–Trinajstić information content (AvgIpc) is 2.46. The standard InChI is InChI=1S/C15H24N2O2/c1-3-13(16-6-8-18-2)10-12-4-5-15-14(11-12)17-7-9-19-15/h4-5,11,13,16-17H,3,6-10H2,1-2H3. The zero-order valence-electron chi connectivity index (χ0n) is 11.9. The van der Waals surface area contributed by atoms with Gasteiger partial charge >= 0.3 is 0 Å². The molecular weight excluding hydrogens is 240 g/mol. The third-order valence-corrected chi connectivity index (χ3v) is 3.43. The van der Waals surface area contributed by atoms with Gasteiger partial charge in [-0.3, -0.25) is 0 Å². The highest BCUT2D eigenvalue weighted by Crippen LogP contribution is 2.28. The van der Waals surface area contributed by atoms with Gasteiger partial charge in [0.1, 0.15) is 12.4 Å². The van der Waals surface area contributed by atoms with Crippen molar-refractivity contribution in [3.63, 3.8) is 0 Å². The van der Waals surface area contributed by atoms with E-state index in [0.29, 0.717) is 6.04 Å². The van der Waals surface area contributed by atoms with Crippen molar-refractivity contribution in [3.05, 3.63) is 23.8 Å². The summed E-state index contributed by atoms with van der Waals surface area (Å²) in [4.78, 5) is 0. The van der Waals surface area contributed by atoms with Gasteiger partial charge in [-0.05, 0) is 30.5 Å². The van der Waals surface area contributed by atoms with Crippen molar-refractivity contribution >= 4 is 5.69 Å². The fourth-order valence-electron chi connectivity index (χ4n) is 2.33. The number of benzene rings is 1. The smallest absolute Gasteiger partial charge is 0.142 e. The molecule has 0 saturated heterocycles. The van der Waals surface area contributed by atoms with Gasteiger partial charge in [0.05, 0.1) is 12.3 Å². The predicted molar refractivity (Wildman–Crippen MR) is 78.1 cm³/mol. The van der Waals surface area contributed by atoms with Gasteiger partial charge in [0, 0.05) is 26.2 Å². The molecule has 1 heterocycles. The van der Waals surface area contributed by atoms with Crippen LogP contribution in [0.5, 0.6) is 5.75 Å². The van der Waals surface area contributed by atoms with Crippen LogP contribution in [-0.4, -0.2) is 39.5 Å². The van der Waals surface area contributed by atoms with Crippen LogP contribution in [-0.2, 0) is 11.2 Å². The quantitative estimate of drug-likeness (QED) is 0.740. The molecule has 4 heteroatoms. The molecule has 2 N–H and O–H groups in total. The molecule has 19 heavy (non-hydrogen) atoms. The maximum Gasteiger partial charge on any atom is 0.142 e. The number of anilines is 1. The SMILES string of the molecule is CCC(Cc1ccc2c(c1)NCCO2)NCCOC. The Morgan fingerprint density at radius 2 is 2.37 bits per heavy atom. The monoisotopic (exact) mass is 264 g/mol. The minimum absolute atomic E-state index is 0.498. The highest BCUT2D eigenvalue weighted by Gasteiger charge is 2.12. The van der Waals surface area contributed by atoms with Crippen molar-refractivity contribution in [2.45, 2.75) is 25.8 Å². The number of rotatable bonds is 7. The van der Waals surface area contributed by atoms with Crippen LogP contribution in [0.2, 0.25) is 0 Å². The van der Waals surface area contributed by atoms with Gasteiger partial charge in [-0.25, -0.2) is 0 Å². The minimum atomic E-state index is 0.498.